The highest BCUT2D eigenvalue weighted by Crippen LogP contribution is 2.23. The van der Waals surface area contributed by atoms with Gasteiger partial charge in [0.15, 0.2) is 0 Å². The van der Waals surface area contributed by atoms with Crippen LogP contribution in [0.25, 0.3) is 0 Å². The Kier molecular flexibility index (Phi) is 3.54. The lowest BCUT2D eigenvalue weighted by atomic mass is 10.1. The molecule has 108 valence electrons. The molecule has 0 amide bonds. The van der Waals surface area contributed by atoms with Crippen molar-refractivity contribution in [2.75, 3.05) is 31.6 Å². The smallest absolute Gasteiger partial charge is 0.226 e. The molecule has 0 spiro atoms. The predicted octanol–water partition coefficient (Wildman–Crippen LogP) is 0.873. The number of rotatable bonds is 2. The number of nitrogens with one attached hydrogen (secondary N) is 1. The molecule has 2 aromatic heterocycles. The summed E-state index contributed by atoms with van der Waals surface area (Å²) in [5.74, 6) is 1.56. The van der Waals surface area contributed by atoms with Crippen molar-refractivity contribution in [1.29, 1.82) is 5.26 Å². The number of imidazole rings is 1. The number of aromatic amines is 1. The second-order valence-corrected chi connectivity index (χ2v) is 5.22. The van der Waals surface area contributed by atoms with Crippen molar-refractivity contribution in [3.05, 3.63) is 35.7 Å². The van der Waals surface area contributed by atoms with E-state index in [1.165, 1.54) is 0 Å². The van der Waals surface area contributed by atoms with Crippen LogP contribution in [0.5, 0.6) is 0 Å². The first-order valence-corrected chi connectivity index (χ1v) is 6.87. The van der Waals surface area contributed by atoms with Crippen LogP contribution in [0.3, 0.4) is 0 Å². The fourth-order valence-corrected chi connectivity index (χ4v) is 2.56. The lowest BCUT2D eigenvalue weighted by Gasteiger charge is -2.38. The fraction of sp³-hybridized carbons (Fsp3) is 0.429. The standard InChI is InChI=1S/C14H17N7/c1-10-7-11(8-15)19-14(18-10)21-6-5-20(2)12(9-21)13-16-3-4-17-13/h3-4,7,12H,5-6,9H2,1-2H3,(H,16,17). The Morgan fingerprint density at radius 3 is 2.95 bits per heavy atom. The van der Waals surface area contributed by atoms with E-state index in [1.807, 2.05) is 13.1 Å². The SMILES string of the molecule is Cc1cc(C#N)nc(N2CCN(C)C(c3ncc[nH]3)C2)n1. The van der Waals surface area contributed by atoms with Gasteiger partial charge >= 0.3 is 0 Å². The summed E-state index contributed by atoms with van der Waals surface area (Å²) >= 11 is 0. The van der Waals surface area contributed by atoms with Gasteiger partial charge in [-0.3, -0.25) is 4.90 Å². The van der Waals surface area contributed by atoms with Crippen molar-refractivity contribution in [3.8, 4) is 6.07 Å². The van der Waals surface area contributed by atoms with Gasteiger partial charge < -0.3 is 9.88 Å². The van der Waals surface area contributed by atoms with Gasteiger partial charge in [0.1, 0.15) is 17.6 Å². The molecule has 1 aliphatic rings. The first-order valence-electron chi connectivity index (χ1n) is 6.87. The first kappa shape index (κ1) is 13.5. The third-order valence-electron chi connectivity index (χ3n) is 3.72. The minimum atomic E-state index is 0.170. The van der Waals surface area contributed by atoms with E-state index in [4.69, 9.17) is 5.26 Å². The van der Waals surface area contributed by atoms with Gasteiger partial charge in [0.25, 0.3) is 0 Å². The summed E-state index contributed by atoms with van der Waals surface area (Å²) < 4.78 is 0. The molecule has 3 rings (SSSR count). The molecule has 0 aliphatic carbocycles. The number of likely N-dealkylation sites (N-methyl/N-ethyl adjacent to an activating group) is 1. The van der Waals surface area contributed by atoms with E-state index in [-0.39, 0.29) is 6.04 Å². The number of nitriles is 1. The maximum atomic E-state index is 9.05. The van der Waals surface area contributed by atoms with Crippen molar-refractivity contribution >= 4 is 5.95 Å². The van der Waals surface area contributed by atoms with Crippen molar-refractivity contribution in [1.82, 2.24) is 24.8 Å². The van der Waals surface area contributed by atoms with Gasteiger partial charge in [-0.25, -0.2) is 15.0 Å². The average molecular weight is 283 g/mol. The highest BCUT2D eigenvalue weighted by molar-refractivity contribution is 5.37. The molecule has 0 aromatic carbocycles. The zero-order valence-corrected chi connectivity index (χ0v) is 12.1. The number of H-pyrrole nitrogens is 1. The zero-order chi connectivity index (χ0) is 14.8. The van der Waals surface area contributed by atoms with Crippen LogP contribution in [-0.2, 0) is 0 Å². The number of aromatic nitrogens is 4. The van der Waals surface area contributed by atoms with Crippen molar-refractivity contribution in [2.24, 2.45) is 0 Å². The maximum absolute atomic E-state index is 9.05. The number of piperazine rings is 1. The van der Waals surface area contributed by atoms with E-state index in [1.54, 1.807) is 12.3 Å². The quantitative estimate of drug-likeness (QED) is 0.880. The van der Waals surface area contributed by atoms with E-state index in [0.717, 1.165) is 31.2 Å². The van der Waals surface area contributed by atoms with Gasteiger partial charge in [-0.1, -0.05) is 0 Å². The van der Waals surface area contributed by atoms with Crippen molar-refractivity contribution in [2.45, 2.75) is 13.0 Å². The number of hydrogen-bond donors (Lipinski definition) is 1. The molecule has 7 nitrogen and oxygen atoms in total. The molecule has 1 saturated heterocycles. The number of nitrogens with zero attached hydrogens (tertiary/aromatic N) is 6. The molecule has 1 atom stereocenters. The molecular formula is C14H17N7. The van der Waals surface area contributed by atoms with Gasteiger partial charge in [0.05, 0.1) is 6.04 Å². The van der Waals surface area contributed by atoms with Crippen LogP contribution in [0.2, 0.25) is 0 Å². The van der Waals surface area contributed by atoms with Crippen LogP contribution < -0.4 is 4.90 Å². The minimum absolute atomic E-state index is 0.170. The molecular weight excluding hydrogens is 266 g/mol. The van der Waals surface area contributed by atoms with Gasteiger partial charge in [-0.2, -0.15) is 5.26 Å². The van der Waals surface area contributed by atoms with E-state index in [9.17, 15) is 0 Å². The third kappa shape index (κ3) is 2.71. The van der Waals surface area contributed by atoms with Gasteiger partial charge in [-0.15, -0.1) is 0 Å². The minimum Gasteiger partial charge on any atom is -0.347 e. The zero-order valence-electron chi connectivity index (χ0n) is 12.1. The highest BCUT2D eigenvalue weighted by atomic mass is 15.3. The molecule has 3 heterocycles. The summed E-state index contributed by atoms with van der Waals surface area (Å²) in [6, 6.07) is 3.96. The molecule has 7 heteroatoms. The van der Waals surface area contributed by atoms with Crippen molar-refractivity contribution in [3.63, 3.8) is 0 Å². The molecule has 2 aromatic rings. The van der Waals surface area contributed by atoms with Crippen LogP contribution >= 0.6 is 0 Å². The van der Waals surface area contributed by atoms with E-state index in [0.29, 0.717) is 11.6 Å². The summed E-state index contributed by atoms with van der Waals surface area (Å²) in [4.78, 5) is 20.7. The summed E-state index contributed by atoms with van der Waals surface area (Å²) in [5, 5.41) is 9.05. The first-order chi connectivity index (χ1) is 10.2. The Morgan fingerprint density at radius 2 is 2.24 bits per heavy atom. The monoisotopic (exact) mass is 283 g/mol. The Hall–Kier alpha value is -2.46. The second-order valence-electron chi connectivity index (χ2n) is 5.22. The van der Waals surface area contributed by atoms with Crippen LogP contribution in [0.1, 0.15) is 23.3 Å². The normalized spacial score (nSPS) is 19.5. The Bertz CT molecular complexity index is 658. The average Bonchev–Trinajstić information content (AvgIpc) is 3.01. The third-order valence-corrected chi connectivity index (χ3v) is 3.72. The summed E-state index contributed by atoms with van der Waals surface area (Å²) in [6.07, 6.45) is 3.60. The Labute approximate surface area is 123 Å². The molecule has 0 radical (unpaired) electrons. The predicted molar refractivity (Wildman–Crippen MR) is 77.7 cm³/mol. The van der Waals surface area contributed by atoms with E-state index >= 15 is 0 Å². The Morgan fingerprint density at radius 1 is 1.38 bits per heavy atom. The van der Waals surface area contributed by atoms with Gasteiger partial charge in [0, 0.05) is 37.7 Å². The summed E-state index contributed by atoms with van der Waals surface area (Å²) in [6.45, 7) is 4.36. The largest absolute Gasteiger partial charge is 0.347 e. The molecule has 21 heavy (non-hydrogen) atoms. The fourth-order valence-electron chi connectivity index (χ4n) is 2.56. The highest BCUT2D eigenvalue weighted by Gasteiger charge is 2.28. The number of anilines is 1. The topological polar surface area (TPSA) is 84.7 Å². The number of aryl methyl sites for hydroxylation is 1. The second kappa shape index (κ2) is 5.50. The van der Waals surface area contributed by atoms with E-state index in [2.05, 4.69) is 42.9 Å². The van der Waals surface area contributed by atoms with Crippen LogP contribution in [0, 0.1) is 18.3 Å². The molecule has 1 unspecified atom stereocenters. The molecule has 1 aliphatic heterocycles. The Balaban J connectivity index is 1.87. The van der Waals surface area contributed by atoms with Crippen LogP contribution in [-0.4, -0.2) is 51.5 Å². The molecule has 1 N–H and O–H groups in total. The maximum Gasteiger partial charge on any atom is 0.226 e. The summed E-state index contributed by atoms with van der Waals surface area (Å²) in [7, 11) is 2.09. The van der Waals surface area contributed by atoms with Crippen LogP contribution in [0.4, 0.5) is 5.95 Å². The molecule has 0 bridgehead atoms. The van der Waals surface area contributed by atoms with Crippen molar-refractivity contribution < 1.29 is 0 Å². The van der Waals surface area contributed by atoms with Gasteiger partial charge in [-0.05, 0) is 20.0 Å². The summed E-state index contributed by atoms with van der Waals surface area (Å²) in [5.41, 5.74) is 1.22. The van der Waals surface area contributed by atoms with Crippen LogP contribution in [0.15, 0.2) is 18.5 Å². The lowest BCUT2D eigenvalue weighted by molar-refractivity contribution is 0.212. The van der Waals surface area contributed by atoms with Gasteiger partial charge in [0.2, 0.25) is 5.95 Å². The molecule has 1 fully saturated rings. The van der Waals surface area contributed by atoms with E-state index < -0.39 is 0 Å². The lowest BCUT2D eigenvalue weighted by Crippen LogP contribution is -2.47. The molecule has 0 saturated carbocycles. The number of hydrogen-bond acceptors (Lipinski definition) is 6.